The number of amides is 1. The van der Waals surface area contributed by atoms with Gasteiger partial charge in [0.15, 0.2) is 0 Å². The van der Waals surface area contributed by atoms with Crippen molar-refractivity contribution in [1.29, 1.82) is 0 Å². The molecule has 0 spiro atoms. The molecule has 1 atom stereocenters. The molecule has 7 heteroatoms. The van der Waals surface area contributed by atoms with Gasteiger partial charge in [-0.2, -0.15) is 5.10 Å². The number of aliphatic hydroxyl groups is 1. The zero-order valence-electron chi connectivity index (χ0n) is 12.9. The summed E-state index contributed by atoms with van der Waals surface area (Å²) in [6, 6.07) is 3.04. The average molecular weight is 318 g/mol. The topological polar surface area (TPSA) is 71.2 Å². The van der Waals surface area contributed by atoms with Gasteiger partial charge in [0, 0.05) is 19.3 Å². The summed E-state index contributed by atoms with van der Waals surface area (Å²) in [5, 5.41) is 14.3. The largest absolute Gasteiger partial charge is 0.387 e. The summed E-state index contributed by atoms with van der Waals surface area (Å²) < 4.78 is 15.1. The summed E-state index contributed by atoms with van der Waals surface area (Å²) in [5.74, 6) is -0.770. The third kappa shape index (κ3) is 3.24. The molecular weight excluding hydrogens is 299 g/mol. The Kier molecular flexibility index (Phi) is 4.38. The lowest BCUT2D eigenvalue weighted by molar-refractivity contribution is 0.0744. The Labute approximate surface area is 133 Å². The number of rotatable bonds is 3. The predicted octanol–water partition coefficient (Wildman–Crippen LogP) is 1.91. The van der Waals surface area contributed by atoms with Crippen molar-refractivity contribution in [3.8, 4) is 0 Å². The van der Waals surface area contributed by atoms with Crippen molar-refractivity contribution in [1.82, 2.24) is 19.7 Å². The van der Waals surface area contributed by atoms with Crippen molar-refractivity contribution < 1.29 is 14.3 Å². The van der Waals surface area contributed by atoms with Crippen molar-refractivity contribution in [3.05, 3.63) is 47.3 Å². The molecule has 0 radical (unpaired) electrons. The van der Waals surface area contributed by atoms with Gasteiger partial charge in [0.1, 0.15) is 5.82 Å². The normalized spacial score (nSPS) is 15.9. The first-order chi connectivity index (χ1) is 11.1. The molecule has 122 valence electrons. The zero-order valence-corrected chi connectivity index (χ0v) is 12.9. The smallest absolute Gasteiger partial charge is 0.255 e. The highest BCUT2D eigenvalue weighted by Gasteiger charge is 2.23. The van der Waals surface area contributed by atoms with Gasteiger partial charge in [-0.1, -0.05) is 6.92 Å². The lowest BCUT2D eigenvalue weighted by atomic mass is 10.2. The van der Waals surface area contributed by atoms with E-state index in [4.69, 9.17) is 0 Å². The van der Waals surface area contributed by atoms with Crippen molar-refractivity contribution in [2.45, 2.75) is 39.0 Å². The fourth-order valence-corrected chi connectivity index (χ4v) is 2.74. The van der Waals surface area contributed by atoms with E-state index in [1.807, 2.05) is 17.7 Å². The first-order valence-electron chi connectivity index (χ1n) is 7.73. The van der Waals surface area contributed by atoms with Crippen LogP contribution in [0.1, 0.15) is 47.6 Å². The molecule has 3 heterocycles. The lowest BCUT2D eigenvalue weighted by Gasteiger charge is -2.19. The van der Waals surface area contributed by atoms with Crippen LogP contribution in [0.4, 0.5) is 4.39 Å². The molecule has 0 unspecified atom stereocenters. The van der Waals surface area contributed by atoms with Crippen LogP contribution < -0.4 is 0 Å². The molecule has 1 amide bonds. The van der Waals surface area contributed by atoms with E-state index in [2.05, 4.69) is 10.1 Å². The molecule has 1 aliphatic rings. The minimum absolute atomic E-state index is 0.242. The highest BCUT2D eigenvalue weighted by molar-refractivity contribution is 5.93. The highest BCUT2D eigenvalue weighted by Crippen LogP contribution is 2.21. The minimum atomic E-state index is -0.592. The maximum Gasteiger partial charge on any atom is 0.255 e. The summed E-state index contributed by atoms with van der Waals surface area (Å²) in [6.07, 6.45) is 3.21. The molecule has 0 saturated carbocycles. The van der Waals surface area contributed by atoms with E-state index in [0.717, 1.165) is 18.3 Å². The number of aryl methyl sites for hydroxylation is 1. The molecule has 0 fully saturated rings. The molecule has 2 aromatic heterocycles. The first kappa shape index (κ1) is 15.6. The SMILES string of the molecule is CC[C@@H](O)c1cc2n(n1)CCCN(C(=O)c1cncc(F)c1)C2. The van der Waals surface area contributed by atoms with Crippen LogP contribution in [0.3, 0.4) is 0 Å². The summed E-state index contributed by atoms with van der Waals surface area (Å²) >= 11 is 0. The standard InChI is InChI=1S/C16H19FN4O2/c1-2-15(22)14-7-13-10-20(4-3-5-21(13)19-14)16(23)11-6-12(17)9-18-8-11/h6-9,15,22H,2-5,10H2,1H3/t15-/m1/s1. The van der Waals surface area contributed by atoms with Gasteiger partial charge in [-0.05, 0) is 25.0 Å². The second-order valence-corrected chi connectivity index (χ2v) is 5.68. The van der Waals surface area contributed by atoms with Crippen LogP contribution in [0.2, 0.25) is 0 Å². The molecular formula is C16H19FN4O2. The number of fused-ring (bicyclic) bond motifs is 1. The number of nitrogens with zero attached hydrogens (tertiary/aromatic N) is 4. The molecule has 6 nitrogen and oxygen atoms in total. The van der Waals surface area contributed by atoms with Crippen LogP contribution in [-0.2, 0) is 13.1 Å². The number of carbonyl (C=O) groups is 1. The van der Waals surface area contributed by atoms with Crippen molar-refractivity contribution in [2.24, 2.45) is 0 Å². The monoisotopic (exact) mass is 318 g/mol. The maximum atomic E-state index is 13.3. The molecule has 23 heavy (non-hydrogen) atoms. The Hall–Kier alpha value is -2.28. The van der Waals surface area contributed by atoms with Gasteiger partial charge in [-0.25, -0.2) is 4.39 Å². The summed E-state index contributed by atoms with van der Waals surface area (Å²) in [7, 11) is 0. The zero-order chi connectivity index (χ0) is 16.4. The van der Waals surface area contributed by atoms with Gasteiger partial charge in [-0.3, -0.25) is 14.5 Å². The van der Waals surface area contributed by atoms with Crippen LogP contribution >= 0.6 is 0 Å². The van der Waals surface area contributed by atoms with Gasteiger partial charge >= 0.3 is 0 Å². The van der Waals surface area contributed by atoms with Crippen LogP contribution in [0.15, 0.2) is 24.5 Å². The quantitative estimate of drug-likeness (QED) is 0.938. The van der Waals surface area contributed by atoms with Crippen molar-refractivity contribution in [3.63, 3.8) is 0 Å². The molecule has 3 rings (SSSR count). The van der Waals surface area contributed by atoms with Crippen LogP contribution in [0, 0.1) is 5.82 Å². The fraction of sp³-hybridized carbons (Fsp3) is 0.438. The number of pyridine rings is 1. The van der Waals surface area contributed by atoms with E-state index in [1.54, 1.807) is 4.90 Å². The van der Waals surface area contributed by atoms with Crippen LogP contribution in [0.25, 0.3) is 0 Å². The third-order valence-electron chi connectivity index (χ3n) is 4.00. The number of carbonyl (C=O) groups excluding carboxylic acids is 1. The number of halogens is 1. The Morgan fingerprint density at radius 3 is 2.96 bits per heavy atom. The van der Waals surface area contributed by atoms with E-state index in [0.29, 0.717) is 31.7 Å². The average Bonchev–Trinajstić information content (AvgIpc) is 2.85. The maximum absolute atomic E-state index is 13.3. The lowest BCUT2D eigenvalue weighted by Crippen LogP contribution is -2.30. The number of hydrogen-bond donors (Lipinski definition) is 1. The Morgan fingerprint density at radius 1 is 1.39 bits per heavy atom. The second-order valence-electron chi connectivity index (χ2n) is 5.68. The second kappa shape index (κ2) is 6.45. The van der Waals surface area contributed by atoms with Gasteiger partial charge in [0.2, 0.25) is 0 Å². The predicted molar refractivity (Wildman–Crippen MR) is 81.0 cm³/mol. The van der Waals surface area contributed by atoms with Crippen LogP contribution in [0.5, 0.6) is 0 Å². The summed E-state index contributed by atoms with van der Waals surface area (Å²) in [4.78, 5) is 18.0. The van der Waals surface area contributed by atoms with Gasteiger partial charge < -0.3 is 10.0 Å². The van der Waals surface area contributed by atoms with Gasteiger partial charge in [0.05, 0.1) is 35.8 Å². The van der Waals surface area contributed by atoms with E-state index in [1.165, 1.54) is 12.3 Å². The Morgan fingerprint density at radius 2 is 2.22 bits per heavy atom. The van der Waals surface area contributed by atoms with E-state index >= 15 is 0 Å². The van der Waals surface area contributed by atoms with Gasteiger partial charge in [-0.15, -0.1) is 0 Å². The summed E-state index contributed by atoms with van der Waals surface area (Å²) in [5.41, 5.74) is 1.75. The number of aromatic nitrogens is 3. The number of hydrogen-bond acceptors (Lipinski definition) is 4. The molecule has 0 bridgehead atoms. The van der Waals surface area contributed by atoms with Crippen molar-refractivity contribution in [2.75, 3.05) is 6.54 Å². The van der Waals surface area contributed by atoms with Crippen LogP contribution in [-0.4, -0.2) is 37.2 Å². The molecule has 0 aliphatic carbocycles. The third-order valence-corrected chi connectivity index (χ3v) is 4.00. The number of aliphatic hydroxyl groups excluding tert-OH is 1. The molecule has 2 aromatic rings. The van der Waals surface area contributed by atoms with E-state index < -0.39 is 11.9 Å². The molecule has 1 aliphatic heterocycles. The van der Waals surface area contributed by atoms with Crippen molar-refractivity contribution >= 4 is 5.91 Å². The van der Waals surface area contributed by atoms with E-state index in [-0.39, 0.29) is 11.5 Å². The molecule has 0 saturated heterocycles. The molecule has 0 aromatic carbocycles. The van der Waals surface area contributed by atoms with Gasteiger partial charge in [0.25, 0.3) is 5.91 Å². The fourth-order valence-electron chi connectivity index (χ4n) is 2.74. The minimum Gasteiger partial charge on any atom is -0.387 e. The summed E-state index contributed by atoms with van der Waals surface area (Å²) in [6.45, 7) is 3.54. The first-order valence-corrected chi connectivity index (χ1v) is 7.73. The molecule has 1 N–H and O–H groups in total. The Balaban J connectivity index is 1.83. The Bertz CT molecular complexity index is 716. The highest BCUT2D eigenvalue weighted by atomic mass is 19.1. The van der Waals surface area contributed by atoms with E-state index in [9.17, 15) is 14.3 Å².